The van der Waals surface area contributed by atoms with E-state index in [-0.39, 0.29) is 68.6 Å². The van der Waals surface area contributed by atoms with Crippen LogP contribution in [0.3, 0.4) is 0 Å². The molecule has 752 valence electrons. The van der Waals surface area contributed by atoms with Gasteiger partial charge in [-0.2, -0.15) is 49.2 Å². The number of carbonyl (C=O) groups excluding carboxylic acids is 3. The Morgan fingerprint density at radius 3 is 1.07 bits per heavy atom. The fourth-order valence-corrected chi connectivity index (χ4v) is 16.6. The number of benzene rings is 3. The van der Waals surface area contributed by atoms with Crippen molar-refractivity contribution in [2.24, 2.45) is 21.7 Å². The molecule has 8 aromatic rings. The molecule has 0 spiro atoms. The Balaban J connectivity index is 0. The van der Waals surface area contributed by atoms with Gasteiger partial charge in [0.25, 0.3) is 0 Å². The van der Waals surface area contributed by atoms with Crippen molar-refractivity contribution >= 4 is 243 Å². The van der Waals surface area contributed by atoms with Crippen molar-refractivity contribution in [2.45, 2.75) is 176 Å². The number of nitrogens with zero attached hydrogens (tertiary/aromatic N) is 8. The molecule has 0 saturated carbocycles. The van der Waals surface area contributed by atoms with E-state index in [0.29, 0.717) is 167 Å². The van der Waals surface area contributed by atoms with E-state index in [2.05, 4.69) is 274 Å². The third-order valence-electron chi connectivity index (χ3n) is 18.2. The third kappa shape index (κ3) is 58.1. The molecule has 0 radical (unpaired) electrons. The molecular weight excluding hydrogens is 2450 g/mol. The average Bonchev–Trinajstić information content (AvgIpc) is 1.71. The van der Waals surface area contributed by atoms with E-state index in [4.69, 9.17) is 72.7 Å². The molecule has 13 rings (SSSR count). The zero-order valence-electron chi connectivity index (χ0n) is 80.0. The van der Waals surface area contributed by atoms with Gasteiger partial charge in [0.2, 0.25) is 0 Å². The second kappa shape index (κ2) is 71.0. The Morgan fingerprint density at radius 1 is 0.496 bits per heavy atom. The standard InChI is InChI=1S/C17H18ClFN2O3S.C15H14ClFN2O3S.C10H13BrN2O3S.2C8H18.C7H5ClF.C6H5Br2NO2S.C4H9NO.C4H8O.C4H11P.C4H9.C3HBr2NS.BrH.H3P.Pd.Zn/c1-2-24-16(22)15-14(10-11-3-4-12(18)13(19)9-11)20-17(25-15)21-5-7-23-8-6-21;16-10-2-1-9(7-11(10)17)8-12-13(14(20)21)23-15(18-12)19-3-5-22-6-4-19;1-2-16-9(14)7-8(11)12-10(17-7)13-3-5-15-6-4-13;2*1-7(2,3)8(4,5)6;1-5-2-3-6(8)7(9)4-5;1-2-11-5(10)3-4(7)9-6(8)12-3;1-3-6-4-2-5-1;1-2-4-5-3-1;1-4(2,3)5;1-4(2)3;4-2-1-7-3(5)6-2;;;;/h3-4,9H,2,5-8,10H2,1H3;1-2,7H,3-6,8H2,(H,20,21);2-6H2,1H3;2*1-6H3;2-4H,1H2;2H2,1H3;5H,1-4H2;1-4H2;5H2,1-3H3;1-3H3;1H;1H;1H3;;/q;;;;;-1;;;;;-1;;;;;+2/p-1. The Hall–Kier alpha value is -1.59. The number of esters is 3. The molecule has 133 heavy (non-hydrogen) atoms. The maximum atomic E-state index is 13.7. The molecule has 5 aliphatic heterocycles. The van der Waals surface area contributed by atoms with Gasteiger partial charge >= 0.3 is 53.8 Å². The first kappa shape index (κ1) is 133. The van der Waals surface area contributed by atoms with Crippen LogP contribution in [0.2, 0.25) is 15.1 Å². The van der Waals surface area contributed by atoms with Crippen LogP contribution in [0.4, 0.5) is 28.6 Å². The summed E-state index contributed by atoms with van der Waals surface area (Å²) < 4.78 is 84.0. The molecule has 0 amide bonds. The van der Waals surface area contributed by atoms with Crippen LogP contribution in [0.1, 0.15) is 225 Å². The van der Waals surface area contributed by atoms with Crippen molar-refractivity contribution in [3.63, 3.8) is 0 Å². The average molecular weight is 2580 g/mol. The van der Waals surface area contributed by atoms with Crippen molar-refractivity contribution in [2.75, 3.05) is 153 Å². The molecule has 5 aliphatic rings. The number of carboxylic acids is 1. The van der Waals surface area contributed by atoms with E-state index >= 15 is 0 Å². The van der Waals surface area contributed by atoms with Gasteiger partial charge in [-0.1, -0.05) is 202 Å². The summed E-state index contributed by atoms with van der Waals surface area (Å²) >= 11 is 43.7. The molecule has 2 N–H and O–H groups in total. The van der Waals surface area contributed by atoms with Gasteiger partial charge in [-0.25, -0.2) is 57.3 Å². The third-order valence-corrected chi connectivity index (χ3v) is 27.8. The normalized spacial score (nSPS) is 13.9. The predicted octanol–water partition coefficient (Wildman–Crippen LogP) is 27.4. The Bertz CT molecular complexity index is 4510. The van der Waals surface area contributed by atoms with Gasteiger partial charge in [-0.15, -0.1) is 26.6 Å². The second-order valence-corrected chi connectivity index (χ2v) is 46.7. The fourth-order valence-electron chi connectivity index (χ4n) is 8.81. The molecule has 2 atom stereocenters. The van der Waals surface area contributed by atoms with E-state index in [1.807, 2.05) is 10.3 Å². The van der Waals surface area contributed by atoms with Crippen LogP contribution in [0.15, 0.2) is 81.6 Å². The zero-order valence-corrected chi connectivity index (χ0v) is 103. The van der Waals surface area contributed by atoms with Gasteiger partial charge in [0, 0.05) is 104 Å². The van der Waals surface area contributed by atoms with Crippen LogP contribution in [0.5, 0.6) is 0 Å². The van der Waals surface area contributed by atoms with Crippen molar-refractivity contribution < 1.29 is 112 Å². The number of rotatable bonds is 14. The zero-order chi connectivity index (χ0) is 99.6. The summed E-state index contributed by atoms with van der Waals surface area (Å²) in [6.45, 7) is 63.9. The number of ether oxygens (including phenoxy) is 8. The molecule has 43 heteroatoms. The van der Waals surface area contributed by atoms with Crippen LogP contribution in [0, 0.1) is 52.0 Å². The molecule has 0 aliphatic carbocycles. The Kier molecular flexibility index (Phi) is 71.2. The van der Waals surface area contributed by atoms with Crippen LogP contribution >= 0.6 is 204 Å². The van der Waals surface area contributed by atoms with Crippen molar-refractivity contribution in [1.29, 1.82) is 0 Å². The molecule has 2 unspecified atom stereocenters. The summed E-state index contributed by atoms with van der Waals surface area (Å²) in [6.07, 6.45) is 3.14. The van der Waals surface area contributed by atoms with Gasteiger partial charge in [-0.05, 0) is 175 Å². The van der Waals surface area contributed by atoms with E-state index in [1.54, 1.807) is 50.3 Å². The van der Waals surface area contributed by atoms with Gasteiger partial charge < -0.3 is 68.9 Å². The second-order valence-electron chi connectivity index (χ2n) is 34.1. The molecule has 5 saturated heterocycles. The summed E-state index contributed by atoms with van der Waals surface area (Å²) in [6, 6.07) is 13.5. The SMILES string of the molecule is Brc1csc(Br)n1.C1CCOC1.C1COCCN1.CC(C)(C)C(C)(C)C.CC(C)(C)C(C)(C)C.CC(C)(C)P.CCOC(=O)c1sc(Br)nc1Br.CCOC(=O)c1sc(N2CCOCC2)nc1Br.CCOC(=O)c1sc(N2CCOCC2)nc1Cc1ccc(Cl)c(F)c1.C[C-](C)C.O=C(O)c1sc(N2CCOCC2)nc1Cc1ccc(Cl)c(F)c1.P.[CH2-]c1ccc(Cl)c(F)c1.[Pd].[Zn+][Br]. The van der Waals surface area contributed by atoms with Crippen LogP contribution < -0.4 is 20.0 Å². The molecule has 5 fully saturated rings. The minimum atomic E-state index is -1.02. The number of carbonyl (C=O) groups is 4. The quantitative estimate of drug-likeness (QED) is 0.0337. The first-order valence-corrected chi connectivity index (χ1v) is 58.8. The number of halogens is 12. The van der Waals surface area contributed by atoms with Crippen LogP contribution in [-0.4, -0.2) is 197 Å². The van der Waals surface area contributed by atoms with Crippen molar-refractivity contribution in [1.82, 2.24) is 30.2 Å². The molecule has 5 aromatic heterocycles. The monoisotopic (exact) mass is 2570 g/mol. The number of anilines is 3. The van der Waals surface area contributed by atoms with E-state index in [1.165, 1.54) is 106 Å². The number of hydrogen-bond donors (Lipinski definition) is 2. The number of aromatic carboxylic acids is 1. The van der Waals surface area contributed by atoms with Gasteiger partial charge in [0.1, 0.15) is 45.0 Å². The molecular formula is C90H132Br6Cl3F3N9O13P2PdS5Zn-. The van der Waals surface area contributed by atoms with E-state index in [9.17, 15) is 37.5 Å². The number of aromatic nitrogens is 5. The minimum absolute atomic E-state index is 0. The molecule has 0 bridgehead atoms. The molecule has 22 nitrogen and oxygen atoms in total. The number of carboxylic acid groups (broad SMARTS) is 1. The Morgan fingerprint density at radius 2 is 0.805 bits per heavy atom. The van der Waals surface area contributed by atoms with Crippen LogP contribution in [0.25, 0.3) is 0 Å². The summed E-state index contributed by atoms with van der Waals surface area (Å²) in [5, 5.41) is 17.4. The summed E-state index contributed by atoms with van der Waals surface area (Å²) in [5.74, 6) is -2.09. The van der Waals surface area contributed by atoms with E-state index in [0.717, 1.165) is 95.8 Å². The van der Waals surface area contributed by atoms with Crippen LogP contribution in [-0.2, 0) is 87.5 Å². The topological polar surface area (TPSA) is 249 Å². The summed E-state index contributed by atoms with van der Waals surface area (Å²) in [5.41, 5.74) is 4.74. The van der Waals surface area contributed by atoms with Crippen molar-refractivity contribution in [3.8, 4) is 0 Å². The first-order valence-electron chi connectivity index (χ1n) is 42.0. The first-order chi connectivity index (χ1) is 61.2. The van der Waals surface area contributed by atoms with E-state index < -0.39 is 29.4 Å². The fraction of sp³-hybridized carbons (Fsp3) is 0.567. The van der Waals surface area contributed by atoms with Gasteiger partial charge in [0.05, 0.1) is 105 Å². The Labute approximate surface area is 901 Å². The number of thiazole rings is 5. The maximum absolute atomic E-state index is 13.7. The number of hydrogen-bond acceptors (Lipinski definition) is 26. The van der Waals surface area contributed by atoms with Gasteiger partial charge in [0.15, 0.2) is 23.2 Å². The number of morpholine rings is 4. The molecule has 10 heterocycles. The number of nitrogens with one attached hydrogen (secondary N) is 1. The summed E-state index contributed by atoms with van der Waals surface area (Å²) in [7, 11) is 2.72. The van der Waals surface area contributed by atoms with Crippen molar-refractivity contribution in [3.05, 3.63) is 175 Å². The predicted molar refractivity (Wildman–Crippen MR) is 569 cm³/mol. The molecule has 3 aromatic carbocycles. The summed E-state index contributed by atoms with van der Waals surface area (Å²) in [4.78, 5) is 75.8. The van der Waals surface area contributed by atoms with Gasteiger partial charge in [-0.3, -0.25) is 0 Å².